The molecule has 3 heteroatoms. The van der Waals surface area contributed by atoms with Crippen molar-refractivity contribution in [1.29, 1.82) is 0 Å². The highest BCUT2D eigenvalue weighted by atomic mass is 32.1. The molecule has 0 aromatic rings. The Labute approximate surface area is 61.0 Å². The number of thiol groups is 1. The smallest absolute Gasteiger partial charge is 0.293 e. The monoisotopic (exact) mass is 148 g/mol. The van der Waals surface area contributed by atoms with Gasteiger partial charge in [0.15, 0.2) is 0 Å². The second-order valence-electron chi connectivity index (χ2n) is 2.24. The SMILES string of the molecule is CC(C)C(S)COC=O. The molecule has 1 unspecified atom stereocenters. The Bertz CT molecular complexity index is 83.1. The van der Waals surface area contributed by atoms with Crippen molar-refractivity contribution >= 4 is 19.1 Å². The maximum absolute atomic E-state index is 9.68. The highest BCUT2D eigenvalue weighted by molar-refractivity contribution is 7.81. The first-order valence-corrected chi connectivity index (χ1v) is 3.43. The van der Waals surface area contributed by atoms with Gasteiger partial charge in [-0.2, -0.15) is 12.6 Å². The van der Waals surface area contributed by atoms with E-state index >= 15 is 0 Å². The predicted molar refractivity (Wildman–Crippen MR) is 39.6 cm³/mol. The van der Waals surface area contributed by atoms with Crippen molar-refractivity contribution in [3.05, 3.63) is 0 Å². The van der Waals surface area contributed by atoms with E-state index in [4.69, 9.17) is 0 Å². The molecule has 0 radical (unpaired) electrons. The van der Waals surface area contributed by atoms with Gasteiger partial charge in [-0.15, -0.1) is 0 Å². The minimum atomic E-state index is 0.162. The van der Waals surface area contributed by atoms with Gasteiger partial charge in [-0.05, 0) is 5.92 Å². The molecule has 9 heavy (non-hydrogen) atoms. The van der Waals surface area contributed by atoms with Gasteiger partial charge >= 0.3 is 0 Å². The standard InChI is InChI=1S/C6H12O2S/c1-5(2)6(9)3-8-4-7/h4-6,9H,3H2,1-2H3. The molecule has 0 N–H and O–H groups in total. The molecule has 0 aliphatic carbocycles. The Kier molecular flexibility index (Phi) is 4.58. The molecule has 0 spiro atoms. The van der Waals surface area contributed by atoms with Crippen LogP contribution in [0.1, 0.15) is 13.8 Å². The van der Waals surface area contributed by atoms with Gasteiger partial charge in [0, 0.05) is 5.25 Å². The van der Waals surface area contributed by atoms with Crippen LogP contribution in [0.25, 0.3) is 0 Å². The Morgan fingerprint density at radius 1 is 1.67 bits per heavy atom. The van der Waals surface area contributed by atoms with Crippen LogP contribution in [0.2, 0.25) is 0 Å². The molecule has 1 atom stereocenters. The van der Waals surface area contributed by atoms with Crippen molar-refractivity contribution in [2.75, 3.05) is 6.61 Å². The topological polar surface area (TPSA) is 26.3 Å². The molecule has 0 aliphatic rings. The van der Waals surface area contributed by atoms with Gasteiger partial charge in [-0.1, -0.05) is 13.8 Å². The number of rotatable bonds is 4. The van der Waals surface area contributed by atoms with Crippen LogP contribution < -0.4 is 0 Å². The zero-order chi connectivity index (χ0) is 7.28. The Hall–Kier alpha value is -0.180. The summed E-state index contributed by atoms with van der Waals surface area (Å²) in [6, 6.07) is 0. The quantitative estimate of drug-likeness (QED) is 0.477. The maximum atomic E-state index is 9.68. The van der Waals surface area contributed by atoms with Crippen LogP contribution in [-0.2, 0) is 9.53 Å². The lowest BCUT2D eigenvalue weighted by Crippen LogP contribution is -2.14. The first-order valence-electron chi connectivity index (χ1n) is 2.91. The summed E-state index contributed by atoms with van der Waals surface area (Å²) in [7, 11) is 0. The second kappa shape index (κ2) is 4.68. The first kappa shape index (κ1) is 8.82. The highest BCUT2D eigenvalue weighted by Crippen LogP contribution is 2.07. The summed E-state index contributed by atoms with van der Waals surface area (Å²) >= 11 is 4.18. The Balaban J connectivity index is 3.26. The van der Waals surface area contributed by atoms with Crippen molar-refractivity contribution in [3.8, 4) is 0 Å². The maximum Gasteiger partial charge on any atom is 0.293 e. The van der Waals surface area contributed by atoms with Gasteiger partial charge in [0.25, 0.3) is 6.47 Å². The summed E-state index contributed by atoms with van der Waals surface area (Å²) in [5.41, 5.74) is 0. The summed E-state index contributed by atoms with van der Waals surface area (Å²) in [6.45, 7) is 4.92. The molecule has 0 fully saturated rings. The van der Waals surface area contributed by atoms with E-state index in [9.17, 15) is 4.79 Å². The van der Waals surface area contributed by atoms with Crippen LogP contribution in [0.3, 0.4) is 0 Å². The van der Waals surface area contributed by atoms with E-state index in [-0.39, 0.29) is 5.25 Å². The first-order chi connectivity index (χ1) is 4.18. The van der Waals surface area contributed by atoms with Crippen LogP contribution in [-0.4, -0.2) is 18.3 Å². The molecule has 0 aliphatic heterocycles. The molecule has 0 saturated heterocycles. The van der Waals surface area contributed by atoms with Crippen molar-refractivity contribution in [2.45, 2.75) is 19.1 Å². The summed E-state index contributed by atoms with van der Waals surface area (Å²) in [6.07, 6.45) is 0. The van der Waals surface area contributed by atoms with E-state index in [1.807, 2.05) is 13.8 Å². The van der Waals surface area contributed by atoms with Crippen molar-refractivity contribution in [3.63, 3.8) is 0 Å². The third kappa shape index (κ3) is 4.33. The molecule has 0 amide bonds. The third-order valence-corrected chi connectivity index (χ3v) is 1.85. The number of carbonyl (C=O) groups excluding carboxylic acids is 1. The number of hydrogen-bond donors (Lipinski definition) is 1. The van der Waals surface area contributed by atoms with Crippen LogP contribution in [0.5, 0.6) is 0 Å². The number of hydrogen-bond acceptors (Lipinski definition) is 3. The van der Waals surface area contributed by atoms with E-state index in [1.54, 1.807) is 0 Å². The van der Waals surface area contributed by atoms with Gasteiger partial charge < -0.3 is 4.74 Å². The molecule has 0 aromatic carbocycles. The van der Waals surface area contributed by atoms with Crippen molar-refractivity contribution < 1.29 is 9.53 Å². The van der Waals surface area contributed by atoms with E-state index < -0.39 is 0 Å². The van der Waals surface area contributed by atoms with Crippen LogP contribution >= 0.6 is 12.6 Å². The molecule has 0 saturated carbocycles. The number of carbonyl (C=O) groups is 1. The van der Waals surface area contributed by atoms with Gasteiger partial charge in [0.2, 0.25) is 0 Å². The van der Waals surface area contributed by atoms with Gasteiger partial charge in [0.05, 0.1) is 0 Å². The molecule has 0 heterocycles. The Morgan fingerprint density at radius 3 is 2.56 bits per heavy atom. The second-order valence-corrected chi connectivity index (χ2v) is 2.90. The van der Waals surface area contributed by atoms with Gasteiger partial charge in [-0.3, -0.25) is 4.79 Å². The van der Waals surface area contributed by atoms with Gasteiger partial charge in [-0.25, -0.2) is 0 Å². The average Bonchev–Trinajstić information content (AvgIpc) is 1.82. The normalized spacial score (nSPS) is 13.3. The summed E-state index contributed by atoms with van der Waals surface area (Å²) in [4.78, 5) is 9.68. The third-order valence-electron chi connectivity index (χ3n) is 1.10. The van der Waals surface area contributed by atoms with E-state index in [1.165, 1.54) is 0 Å². The van der Waals surface area contributed by atoms with E-state index in [0.29, 0.717) is 19.0 Å². The molecule has 54 valence electrons. The fraction of sp³-hybridized carbons (Fsp3) is 0.833. The zero-order valence-corrected chi connectivity index (χ0v) is 6.60. The fourth-order valence-electron chi connectivity index (χ4n) is 0.330. The average molecular weight is 148 g/mol. The lowest BCUT2D eigenvalue weighted by Gasteiger charge is -2.11. The lowest BCUT2D eigenvalue weighted by atomic mass is 10.1. The molecule has 0 aromatic heterocycles. The van der Waals surface area contributed by atoms with Crippen molar-refractivity contribution in [1.82, 2.24) is 0 Å². The minimum absolute atomic E-state index is 0.162. The van der Waals surface area contributed by atoms with Crippen LogP contribution in [0, 0.1) is 5.92 Å². The van der Waals surface area contributed by atoms with Crippen LogP contribution in [0.15, 0.2) is 0 Å². The van der Waals surface area contributed by atoms with Gasteiger partial charge in [0.1, 0.15) is 6.61 Å². The Morgan fingerprint density at radius 2 is 2.22 bits per heavy atom. The molecule has 0 rings (SSSR count). The summed E-state index contributed by atoms with van der Waals surface area (Å²) < 4.78 is 4.50. The molecule has 2 nitrogen and oxygen atoms in total. The molecular formula is C6H12O2S. The zero-order valence-electron chi connectivity index (χ0n) is 5.70. The lowest BCUT2D eigenvalue weighted by molar-refractivity contribution is -0.128. The minimum Gasteiger partial charge on any atom is -0.467 e. The summed E-state index contributed by atoms with van der Waals surface area (Å²) in [5, 5.41) is 0.162. The number of ether oxygens (including phenoxy) is 1. The molecule has 0 bridgehead atoms. The molecular weight excluding hydrogens is 136 g/mol. The fourth-order valence-corrected chi connectivity index (χ4v) is 0.416. The van der Waals surface area contributed by atoms with E-state index in [2.05, 4.69) is 17.4 Å². The summed E-state index contributed by atoms with van der Waals surface area (Å²) in [5.74, 6) is 0.452. The van der Waals surface area contributed by atoms with Crippen molar-refractivity contribution in [2.24, 2.45) is 5.92 Å². The largest absolute Gasteiger partial charge is 0.467 e. The van der Waals surface area contributed by atoms with Crippen LogP contribution in [0.4, 0.5) is 0 Å². The van der Waals surface area contributed by atoms with E-state index in [0.717, 1.165) is 0 Å². The highest BCUT2D eigenvalue weighted by Gasteiger charge is 2.06. The predicted octanol–water partition coefficient (Wildman–Crippen LogP) is 1.11.